The molecule has 3 heteroatoms. The smallest absolute Gasteiger partial charge is 0.0471 e. The molecule has 1 aliphatic heterocycles. The minimum atomic E-state index is 0.572. The highest BCUT2D eigenvalue weighted by Gasteiger charge is 2.43. The van der Waals surface area contributed by atoms with Crippen LogP contribution in [0, 0.1) is 5.41 Å². The number of rotatable bonds is 5. The van der Waals surface area contributed by atoms with Crippen molar-refractivity contribution in [1.29, 1.82) is 0 Å². The van der Waals surface area contributed by atoms with Gasteiger partial charge in [0, 0.05) is 32.3 Å². The summed E-state index contributed by atoms with van der Waals surface area (Å²) in [6.07, 6.45) is 6.73. The minimum absolute atomic E-state index is 0.572. The summed E-state index contributed by atoms with van der Waals surface area (Å²) >= 11 is 0. The van der Waals surface area contributed by atoms with Crippen molar-refractivity contribution >= 4 is 0 Å². The van der Waals surface area contributed by atoms with Crippen molar-refractivity contribution in [3.05, 3.63) is 0 Å². The molecule has 0 radical (unpaired) electrons. The average Bonchev–Trinajstić information content (AvgIpc) is 2.73. The maximum atomic E-state index is 5.53. The summed E-state index contributed by atoms with van der Waals surface area (Å²) in [6.45, 7) is 7.62. The van der Waals surface area contributed by atoms with Gasteiger partial charge in [-0.2, -0.15) is 0 Å². The van der Waals surface area contributed by atoms with Gasteiger partial charge in [-0.25, -0.2) is 0 Å². The minimum Gasteiger partial charge on any atom is -0.381 e. The van der Waals surface area contributed by atoms with E-state index in [4.69, 9.17) is 4.74 Å². The van der Waals surface area contributed by atoms with Crippen LogP contribution in [0.3, 0.4) is 0 Å². The van der Waals surface area contributed by atoms with Crippen molar-refractivity contribution in [3.63, 3.8) is 0 Å². The van der Waals surface area contributed by atoms with Crippen LogP contribution >= 0.6 is 0 Å². The van der Waals surface area contributed by atoms with Crippen LogP contribution < -0.4 is 5.32 Å². The molecular formula is C14H28N2O. The second kappa shape index (κ2) is 6.17. The Morgan fingerprint density at radius 1 is 1.29 bits per heavy atom. The van der Waals surface area contributed by atoms with E-state index in [1.165, 1.54) is 38.6 Å². The van der Waals surface area contributed by atoms with Gasteiger partial charge in [0.25, 0.3) is 0 Å². The van der Waals surface area contributed by atoms with Gasteiger partial charge >= 0.3 is 0 Å². The molecule has 0 aromatic rings. The third-order valence-electron chi connectivity index (χ3n) is 4.82. The van der Waals surface area contributed by atoms with E-state index in [-0.39, 0.29) is 0 Å². The number of nitrogens with one attached hydrogen (secondary N) is 1. The quantitative estimate of drug-likeness (QED) is 0.794. The summed E-state index contributed by atoms with van der Waals surface area (Å²) in [5.74, 6) is 0. The molecule has 2 rings (SSSR count). The van der Waals surface area contributed by atoms with Gasteiger partial charge in [0.1, 0.15) is 0 Å². The van der Waals surface area contributed by atoms with Gasteiger partial charge < -0.3 is 15.0 Å². The zero-order valence-electron chi connectivity index (χ0n) is 11.5. The molecule has 1 saturated heterocycles. The Balaban J connectivity index is 1.78. The highest BCUT2D eigenvalue weighted by molar-refractivity contribution is 4.97. The lowest BCUT2D eigenvalue weighted by atomic mass is 9.75. The standard InChI is InChI=1S/C14H28N2O/c1-3-16(2)10-9-15-13-5-4-6-14(13)7-11-17-12-8-14/h13,15H,3-12H2,1-2H3. The number of nitrogens with zero attached hydrogens (tertiary/aromatic N) is 1. The first kappa shape index (κ1) is 13.3. The van der Waals surface area contributed by atoms with Crippen molar-refractivity contribution in [2.75, 3.05) is 39.9 Å². The van der Waals surface area contributed by atoms with E-state index in [9.17, 15) is 0 Å². The van der Waals surface area contributed by atoms with Crippen molar-refractivity contribution in [1.82, 2.24) is 10.2 Å². The molecule has 100 valence electrons. The van der Waals surface area contributed by atoms with Crippen LogP contribution in [0.1, 0.15) is 39.0 Å². The van der Waals surface area contributed by atoms with Crippen molar-refractivity contribution in [3.8, 4) is 0 Å². The largest absolute Gasteiger partial charge is 0.381 e. The van der Waals surface area contributed by atoms with Crippen LogP contribution in [-0.4, -0.2) is 50.8 Å². The van der Waals surface area contributed by atoms with Gasteiger partial charge in [0.2, 0.25) is 0 Å². The maximum absolute atomic E-state index is 5.53. The number of ether oxygens (including phenoxy) is 1. The zero-order valence-corrected chi connectivity index (χ0v) is 11.5. The predicted molar refractivity (Wildman–Crippen MR) is 71.3 cm³/mol. The first-order valence-corrected chi connectivity index (χ1v) is 7.26. The van der Waals surface area contributed by atoms with E-state index in [0.29, 0.717) is 5.41 Å². The molecule has 0 amide bonds. The SMILES string of the molecule is CCN(C)CCNC1CCCC12CCOCC2. The topological polar surface area (TPSA) is 24.5 Å². The van der Waals surface area contributed by atoms with Crippen molar-refractivity contribution < 1.29 is 4.74 Å². The fourth-order valence-electron chi connectivity index (χ4n) is 3.42. The maximum Gasteiger partial charge on any atom is 0.0471 e. The Morgan fingerprint density at radius 2 is 2.06 bits per heavy atom. The first-order chi connectivity index (χ1) is 8.27. The molecule has 0 bridgehead atoms. The Hall–Kier alpha value is -0.120. The third kappa shape index (κ3) is 3.21. The van der Waals surface area contributed by atoms with Gasteiger partial charge in [-0.05, 0) is 44.7 Å². The lowest BCUT2D eigenvalue weighted by Crippen LogP contribution is -2.46. The molecule has 0 aromatic heterocycles. The van der Waals surface area contributed by atoms with Crippen LogP contribution in [-0.2, 0) is 4.74 Å². The van der Waals surface area contributed by atoms with E-state index in [1.54, 1.807) is 0 Å². The molecule has 0 aromatic carbocycles. The Morgan fingerprint density at radius 3 is 2.76 bits per heavy atom. The Bertz CT molecular complexity index is 226. The van der Waals surface area contributed by atoms with E-state index in [1.807, 2.05) is 0 Å². The van der Waals surface area contributed by atoms with Crippen LogP contribution in [0.2, 0.25) is 0 Å². The summed E-state index contributed by atoms with van der Waals surface area (Å²) in [5, 5.41) is 3.81. The molecule has 2 fully saturated rings. The second-order valence-corrected chi connectivity index (χ2v) is 5.77. The number of hydrogen-bond acceptors (Lipinski definition) is 3. The predicted octanol–water partition coefficient (Wildman–Crippen LogP) is 1.88. The third-order valence-corrected chi connectivity index (χ3v) is 4.82. The molecule has 3 nitrogen and oxygen atoms in total. The van der Waals surface area contributed by atoms with Gasteiger partial charge in [-0.3, -0.25) is 0 Å². The van der Waals surface area contributed by atoms with Crippen molar-refractivity contribution in [2.45, 2.75) is 45.1 Å². The van der Waals surface area contributed by atoms with E-state index in [0.717, 1.165) is 32.3 Å². The molecule has 1 aliphatic carbocycles. The highest BCUT2D eigenvalue weighted by atomic mass is 16.5. The lowest BCUT2D eigenvalue weighted by Gasteiger charge is -2.39. The molecule has 1 heterocycles. The number of hydrogen-bond donors (Lipinski definition) is 1. The molecule has 1 N–H and O–H groups in total. The first-order valence-electron chi connectivity index (χ1n) is 7.26. The fraction of sp³-hybridized carbons (Fsp3) is 1.00. The van der Waals surface area contributed by atoms with E-state index >= 15 is 0 Å². The lowest BCUT2D eigenvalue weighted by molar-refractivity contribution is 0.00426. The van der Waals surface area contributed by atoms with Crippen molar-refractivity contribution in [2.24, 2.45) is 5.41 Å². The van der Waals surface area contributed by atoms with Crippen LogP contribution in [0.15, 0.2) is 0 Å². The fourth-order valence-corrected chi connectivity index (χ4v) is 3.42. The molecule has 1 atom stereocenters. The van der Waals surface area contributed by atoms with Crippen LogP contribution in [0.25, 0.3) is 0 Å². The number of likely N-dealkylation sites (N-methyl/N-ethyl adjacent to an activating group) is 1. The monoisotopic (exact) mass is 240 g/mol. The summed E-state index contributed by atoms with van der Waals surface area (Å²) in [4.78, 5) is 2.37. The normalized spacial score (nSPS) is 28.1. The summed E-state index contributed by atoms with van der Waals surface area (Å²) in [5.41, 5.74) is 0.572. The summed E-state index contributed by atoms with van der Waals surface area (Å²) in [7, 11) is 2.19. The Kier molecular flexibility index (Phi) is 4.83. The molecule has 2 aliphatic rings. The second-order valence-electron chi connectivity index (χ2n) is 5.77. The Labute approximate surface area is 106 Å². The van der Waals surface area contributed by atoms with Gasteiger partial charge in [-0.15, -0.1) is 0 Å². The summed E-state index contributed by atoms with van der Waals surface area (Å²) < 4.78 is 5.53. The van der Waals surface area contributed by atoms with E-state index in [2.05, 4.69) is 24.2 Å². The molecule has 1 saturated carbocycles. The molecule has 1 unspecified atom stereocenters. The zero-order chi connectivity index (χ0) is 12.1. The van der Waals surface area contributed by atoms with Crippen LogP contribution in [0.5, 0.6) is 0 Å². The summed E-state index contributed by atoms with van der Waals surface area (Å²) in [6, 6.07) is 0.747. The highest BCUT2D eigenvalue weighted by Crippen LogP contribution is 2.45. The van der Waals surface area contributed by atoms with Gasteiger partial charge in [-0.1, -0.05) is 13.3 Å². The molecular weight excluding hydrogens is 212 g/mol. The van der Waals surface area contributed by atoms with Gasteiger partial charge in [0.15, 0.2) is 0 Å². The van der Waals surface area contributed by atoms with E-state index < -0.39 is 0 Å². The molecule has 1 spiro atoms. The van der Waals surface area contributed by atoms with Gasteiger partial charge in [0.05, 0.1) is 0 Å². The van der Waals surface area contributed by atoms with Crippen LogP contribution in [0.4, 0.5) is 0 Å². The molecule has 17 heavy (non-hydrogen) atoms. The average molecular weight is 240 g/mol.